The van der Waals surface area contributed by atoms with Crippen LogP contribution in [0.1, 0.15) is 79.3 Å². The molecule has 41 heavy (non-hydrogen) atoms. The molecule has 0 spiro atoms. The Bertz CT molecular complexity index is 1330. The highest BCUT2D eigenvalue weighted by Gasteiger charge is 2.09. The van der Waals surface area contributed by atoms with Crippen molar-refractivity contribution < 1.29 is 18.7 Å². The molecule has 8 heteroatoms. The number of benzene rings is 3. The zero-order valence-electron chi connectivity index (χ0n) is 23.3. The molecule has 0 fully saturated rings. The van der Waals surface area contributed by atoms with Gasteiger partial charge in [0.2, 0.25) is 0 Å². The number of carbonyl (C=O) groups is 1. The number of ether oxygens (including phenoxy) is 2. The van der Waals surface area contributed by atoms with Gasteiger partial charge in [-0.1, -0.05) is 69.2 Å². The Morgan fingerprint density at radius 2 is 1.46 bits per heavy atom. The third-order valence-electron chi connectivity index (χ3n) is 6.56. The number of hydrogen-bond donors (Lipinski definition) is 2. The second-order valence-corrected chi connectivity index (χ2v) is 9.84. The number of nitrogens with zero attached hydrogens (tertiary/aromatic N) is 2. The summed E-state index contributed by atoms with van der Waals surface area (Å²) in [5.74, 6) is 0.0361. The molecule has 0 saturated heterocycles. The van der Waals surface area contributed by atoms with Crippen molar-refractivity contribution in [3.63, 3.8) is 0 Å². The molecule has 3 aromatic rings. The summed E-state index contributed by atoms with van der Waals surface area (Å²) in [7, 11) is 0. The van der Waals surface area contributed by atoms with Gasteiger partial charge < -0.3 is 15.2 Å². The van der Waals surface area contributed by atoms with E-state index < -0.39 is 5.97 Å². The largest absolute Gasteiger partial charge is 0.494 e. The maximum Gasteiger partial charge on any atom is 0.338 e. The first-order chi connectivity index (χ1) is 20.0. The fraction of sp³-hybridized carbons (Fsp3) is 0.333. The van der Waals surface area contributed by atoms with E-state index in [-0.39, 0.29) is 5.82 Å². The zero-order valence-corrected chi connectivity index (χ0v) is 23.3. The smallest absolute Gasteiger partial charge is 0.338 e. The molecule has 0 aliphatic heterocycles. The van der Waals surface area contributed by atoms with Crippen LogP contribution in [0.4, 0.5) is 15.8 Å². The number of anilines is 1. The minimum absolute atomic E-state index is 0.321. The second-order valence-electron chi connectivity index (χ2n) is 9.84. The van der Waals surface area contributed by atoms with Crippen molar-refractivity contribution in [2.45, 2.75) is 57.8 Å². The topological polar surface area (TPSA) is 122 Å². The van der Waals surface area contributed by atoms with Crippen LogP contribution in [0.25, 0.3) is 11.6 Å². The van der Waals surface area contributed by atoms with Gasteiger partial charge in [0.15, 0.2) is 0 Å². The van der Waals surface area contributed by atoms with E-state index in [9.17, 15) is 14.4 Å². The molecule has 0 saturated carbocycles. The van der Waals surface area contributed by atoms with Gasteiger partial charge >= 0.3 is 5.97 Å². The maximum atomic E-state index is 13.1. The van der Waals surface area contributed by atoms with E-state index in [1.54, 1.807) is 18.2 Å². The Kier molecular flexibility index (Phi) is 13.0. The van der Waals surface area contributed by atoms with Gasteiger partial charge in [0.1, 0.15) is 11.6 Å². The van der Waals surface area contributed by atoms with Crippen LogP contribution in [0.2, 0.25) is 0 Å². The van der Waals surface area contributed by atoms with Crippen LogP contribution >= 0.6 is 0 Å². The summed E-state index contributed by atoms with van der Waals surface area (Å²) in [6, 6.07) is 20.3. The molecule has 0 bridgehead atoms. The second kappa shape index (κ2) is 17.2. The van der Waals surface area contributed by atoms with Crippen molar-refractivity contribution in [1.29, 1.82) is 10.8 Å². The first-order valence-corrected chi connectivity index (χ1v) is 14.0. The van der Waals surface area contributed by atoms with Gasteiger partial charge in [0.05, 0.1) is 36.1 Å². The average Bonchev–Trinajstić information content (AvgIpc) is 2.99. The van der Waals surface area contributed by atoms with Gasteiger partial charge in [-0.05, 0) is 72.5 Å². The minimum Gasteiger partial charge on any atom is -0.494 e. The summed E-state index contributed by atoms with van der Waals surface area (Å²) in [6.07, 6.45) is 11.6. The van der Waals surface area contributed by atoms with Crippen molar-refractivity contribution in [3.8, 4) is 11.8 Å². The minimum atomic E-state index is -0.437. The lowest BCUT2D eigenvalue weighted by molar-refractivity contribution is 0.0497. The summed E-state index contributed by atoms with van der Waals surface area (Å²) in [5.41, 5.74) is 15.9. The highest BCUT2D eigenvalue weighted by atomic mass is 19.1. The number of nitriles is 1. The molecule has 214 valence electrons. The first-order valence-electron chi connectivity index (χ1n) is 14.0. The van der Waals surface area contributed by atoms with Gasteiger partial charge in [0, 0.05) is 5.69 Å². The molecule has 0 atom stereocenters. The molecule has 0 unspecified atom stereocenters. The van der Waals surface area contributed by atoms with Gasteiger partial charge in [0.25, 0.3) is 0 Å². The highest BCUT2D eigenvalue weighted by Crippen LogP contribution is 2.21. The SMILES string of the molecule is N#C/C(=C\c1ccc(OCCCCCCCCCCCOC(=O)c2cc(N)cc(N=N)c2)cc1)c1ccc(F)cc1. The van der Waals surface area contributed by atoms with E-state index in [2.05, 4.69) is 11.2 Å². The number of rotatable bonds is 17. The van der Waals surface area contributed by atoms with Crippen LogP contribution in [0.15, 0.2) is 71.8 Å². The molecule has 0 heterocycles. The quantitative estimate of drug-likeness (QED) is 0.0429. The number of hydrogen-bond acceptors (Lipinski definition) is 7. The van der Waals surface area contributed by atoms with Gasteiger partial charge in [-0.25, -0.2) is 14.7 Å². The Balaban J connectivity index is 1.19. The van der Waals surface area contributed by atoms with Crippen molar-refractivity contribution in [2.24, 2.45) is 5.11 Å². The molecule has 3 aromatic carbocycles. The number of unbranched alkanes of at least 4 members (excludes halogenated alkanes) is 8. The average molecular weight is 557 g/mol. The number of carbonyl (C=O) groups excluding carboxylic acids is 1. The predicted octanol–water partition coefficient (Wildman–Crippen LogP) is 8.88. The van der Waals surface area contributed by atoms with Crippen LogP contribution in [-0.4, -0.2) is 19.2 Å². The van der Waals surface area contributed by atoms with Crippen LogP contribution in [0, 0.1) is 22.7 Å². The third-order valence-corrected chi connectivity index (χ3v) is 6.56. The van der Waals surface area contributed by atoms with Crippen LogP contribution in [-0.2, 0) is 4.74 Å². The first kappa shape index (κ1) is 31.0. The van der Waals surface area contributed by atoms with E-state index in [1.807, 2.05) is 24.3 Å². The number of halogens is 1. The molecule has 0 aliphatic rings. The van der Waals surface area contributed by atoms with Crippen molar-refractivity contribution >= 4 is 29.0 Å². The summed E-state index contributed by atoms with van der Waals surface area (Å²) in [5, 5.41) is 12.8. The molecule has 0 radical (unpaired) electrons. The molecule has 0 amide bonds. The van der Waals surface area contributed by atoms with Crippen molar-refractivity contribution in [2.75, 3.05) is 18.9 Å². The molecular formula is C33H37FN4O3. The van der Waals surface area contributed by atoms with E-state index in [0.717, 1.165) is 43.4 Å². The standard InChI is InChI=1S/C33H37FN4O3/c34-29-14-12-26(13-15-29)28(24-35)20-25-10-16-32(17-11-25)40-18-8-6-4-2-1-3-5-7-9-19-41-33(39)27-21-30(36)23-31(22-27)38-37/h10-17,20-23,37H,1-9,18-19,36H2/b28-20+,38-37?. The van der Waals surface area contributed by atoms with Gasteiger partial charge in [-0.2, -0.15) is 10.4 Å². The van der Waals surface area contributed by atoms with Crippen molar-refractivity contribution in [3.05, 3.63) is 89.2 Å². The summed E-state index contributed by atoms with van der Waals surface area (Å²) in [6.45, 7) is 1.04. The van der Waals surface area contributed by atoms with Crippen LogP contribution in [0.5, 0.6) is 5.75 Å². The number of allylic oxidation sites excluding steroid dienone is 1. The fourth-order valence-corrected chi connectivity index (χ4v) is 4.33. The van der Waals surface area contributed by atoms with Crippen molar-refractivity contribution in [1.82, 2.24) is 0 Å². The molecular weight excluding hydrogens is 519 g/mol. The molecule has 3 rings (SSSR count). The Morgan fingerprint density at radius 3 is 2.07 bits per heavy atom. The van der Waals surface area contributed by atoms with Gasteiger partial charge in [-0.3, -0.25) is 0 Å². The van der Waals surface area contributed by atoms with Gasteiger partial charge in [-0.15, -0.1) is 0 Å². The molecule has 0 aliphatic carbocycles. The maximum absolute atomic E-state index is 13.1. The fourth-order valence-electron chi connectivity index (χ4n) is 4.33. The Hall–Kier alpha value is -4.51. The highest BCUT2D eigenvalue weighted by molar-refractivity contribution is 5.91. The number of nitrogens with two attached hydrogens (primary N) is 1. The molecule has 0 aromatic heterocycles. The normalized spacial score (nSPS) is 11.1. The monoisotopic (exact) mass is 556 g/mol. The van der Waals surface area contributed by atoms with E-state index in [0.29, 0.717) is 41.3 Å². The molecule has 7 nitrogen and oxygen atoms in total. The molecule has 3 N–H and O–H groups in total. The third kappa shape index (κ3) is 11.2. The number of esters is 1. The number of nitrogen functional groups attached to an aromatic ring is 1. The summed E-state index contributed by atoms with van der Waals surface area (Å²) in [4.78, 5) is 12.1. The zero-order chi connectivity index (χ0) is 29.3. The lowest BCUT2D eigenvalue weighted by Crippen LogP contribution is -2.07. The van der Waals surface area contributed by atoms with E-state index >= 15 is 0 Å². The lowest BCUT2D eigenvalue weighted by atomic mass is 10.0. The Labute approximate surface area is 241 Å². The van der Waals surface area contributed by atoms with Crippen LogP contribution < -0.4 is 10.5 Å². The van der Waals surface area contributed by atoms with E-state index in [1.165, 1.54) is 56.0 Å². The Morgan fingerprint density at radius 1 is 0.854 bits per heavy atom. The number of nitrogens with one attached hydrogen (secondary N) is 1. The summed E-state index contributed by atoms with van der Waals surface area (Å²) >= 11 is 0. The van der Waals surface area contributed by atoms with E-state index in [4.69, 9.17) is 20.7 Å². The lowest BCUT2D eigenvalue weighted by Gasteiger charge is -2.07. The predicted molar refractivity (Wildman–Crippen MR) is 159 cm³/mol. The van der Waals surface area contributed by atoms with Crippen LogP contribution in [0.3, 0.4) is 0 Å². The summed E-state index contributed by atoms with van der Waals surface area (Å²) < 4.78 is 24.3.